The maximum Gasteiger partial charge on any atom is 0.251 e. The van der Waals surface area contributed by atoms with Crippen molar-refractivity contribution in [2.45, 2.75) is 63.2 Å². The van der Waals surface area contributed by atoms with Crippen molar-refractivity contribution >= 4 is 23.6 Å². The van der Waals surface area contributed by atoms with Crippen LogP contribution in [0.3, 0.4) is 0 Å². The first-order valence-corrected chi connectivity index (χ1v) is 11.1. The van der Waals surface area contributed by atoms with Crippen LogP contribution in [0.1, 0.15) is 66.8 Å². The first-order valence-electron chi connectivity index (χ1n) is 10.1. The number of amides is 2. The predicted molar refractivity (Wildman–Crippen MR) is 114 cm³/mol. The molecule has 29 heavy (non-hydrogen) atoms. The van der Waals surface area contributed by atoms with Crippen molar-refractivity contribution < 1.29 is 9.59 Å². The van der Waals surface area contributed by atoms with Crippen molar-refractivity contribution in [1.82, 2.24) is 25.4 Å². The van der Waals surface area contributed by atoms with Gasteiger partial charge in [0.1, 0.15) is 0 Å². The lowest BCUT2D eigenvalue weighted by Crippen LogP contribution is -2.37. The molecule has 0 radical (unpaired) electrons. The van der Waals surface area contributed by atoms with Gasteiger partial charge in [0.2, 0.25) is 5.91 Å². The quantitative estimate of drug-likeness (QED) is 0.678. The number of carbonyl (C=O) groups excluding carboxylic acids is 2. The highest BCUT2D eigenvalue weighted by atomic mass is 32.2. The van der Waals surface area contributed by atoms with Gasteiger partial charge in [-0.3, -0.25) is 9.59 Å². The van der Waals surface area contributed by atoms with Crippen LogP contribution in [0.2, 0.25) is 0 Å². The molecule has 0 saturated heterocycles. The molecule has 1 saturated carbocycles. The summed E-state index contributed by atoms with van der Waals surface area (Å²) in [5.74, 6) is 0.852. The average Bonchev–Trinajstić information content (AvgIpc) is 3.07. The Morgan fingerprint density at radius 1 is 1.24 bits per heavy atom. The number of thioether (sulfide) groups is 1. The highest BCUT2D eigenvalue weighted by Crippen LogP contribution is 2.21. The van der Waals surface area contributed by atoms with E-state index in [4.69, 9.17) is 0 Å². The van der Waals surface area contributed by atoms with Crippen molar-refractivity contribution in [1.29, 1.82) is 0 Å². The number of hydrogen-bond donors (Lipinski definition) is 2. The molecule has 1 aliphatic rings. The molecule has 0 aliphatic heterocycles. The van der Waals surface area contributed by atoms with Crippen LogP contribution in [0.15, 0.2) is 29.4 Å². The average molecular weight is 416 g/mol. The third-order valence-corrected chi connectivity index (χ3v) is 6.21. The molecule has 7 nitrogen and oxygen atoms in total. The molecule has 0 spiro atoms. The van der Waals surface area contributed by atoms with Crippen LogP contribution in [-0.2, 0) is 11.8 Å². The summed E-state index contributed by atoms with van der Waals surface area (Å²) >= 11 is 1.36. The van der Waals surface area contributed by atoms with E-state index in [1.54, 1.807) is 6.07 Å². The normalized spacial score (nSPS) is 15.7. The summed E-state index contributed by atoms with van der Waals surface area (Å²) in [4.78, 5) is 24.7. The van der Waals surface area contributed by atoms with Crippen molar-refractivity contribution in [2.24, 2.45) is 7.05 Å². The van der Waals surface area contributed by atoms with Crippen LogP contribution in [0, 0.1) is 6.92 Å². The van der Waals surface area contributed by atoms with E-state index in [-0.39, 0.29) is 17.9 Å². The molecule has 3 rings (SSSR count). The Bertz CT molecular complexity index is 861. The standard InChI is InChI=1S/C21H29N5O2S/c1-14-8-7-9-16(12-14)20(28)22-15(2)19-24-25-21(26(19)3)29-13-18(27)23-17-10-5-4-6-11-17/h7-9,12,15,17H,4-6,10-11,13H2,1-3H3,(H,22,28)(H,23,27)/t15-/m0/s1. The minimum absolute atomic E-state index is 0.0345. The molecule has 8 heteroatoms. The van der Waals surface area contributed by atoms with E-state index >= 15 is 0 Å². The summed E-state index contributed by atoms with van der Waals surface area (Å²) < 4.78 is 1.83. The second-order valence-electron chi connectivity index (χ2n) is 7.66. The number of aromatic nitrogens is 3. The number of benzene rings is 1. The Balaban J connectivity index is 1.54. The van der Waals surface area contributed by atoms with E-state index in [0.717, 1.165) is 18.4 Å². The number of rotatable bonds is 7. The predicted octanol–water partition coefficient (Wildman–Crippen LogP) is 3.16. The first-order chi connectivity index (χ1) is 13.9. The molecule has 0 unspecified atom stereocenters. The smallest absolute Gasteiger partial charge is 0.251 e. The zero-order valence-electron chi connectivity index (χ0n) is 17.3. The van der Waals surface area contributed by atoms with Crippen molar-refractivity contribution in [2.75, 3.05) is 5.75 Å². The molecule has 1 heterocycles. The third kappa shape index (κ3) is 5.82. The third-order valence-electron chi connectivity index (χ3n) is 5.19. The van der Waals surface area contributed by atoms with Crippen molar-refractivity contribution in [3.8, 4) is 0 Å². The summed E-state index contributed by atoms with van der Waals surface area (Å²) in [6.45, 7) is 3.83. The Morgan fingerprint density at radius 2 is 2.00 bits per heavy atom. The number of aryl methyl sites for hydroxylation is 1. The van der Waals surface area contributed by atoms with Gasteiger partial charge in [-0.2, -0.15) is 0 Å². The largest absolute Gasteiger partial charge is 0.353 e. The highest BCUT2D eigenvalue weighted by molar-refractivity contribution is 7.99. The molecule has 2 amide bonds. The van der Waals surface area contributed by atoms with Gasteiger partial charge in [-0.15, -0.1) is 10.2 Å². The van der Waals surface area contributed by atoms with Crippen molar-refractivity contribution in [3.63, 3.8) is 0 Å². The van der Waals surface area contributed by atoms with E-state index in [0.29, 0.717) is 28.3 Å². The zero-order chi connectivity index (χ0) is 20.8. The van der Waals surface area contributed by atoms with Gasteiger partial charge in [0.25, 0.3) is 5.91 Å². The highest BCUT2D eigenvalue weighted by Gasteiger charge is 2.20. The Hall–Kier alpha value is -2.35. The van der Waals surface area contributed by atoms with Crippen LogP contribution in [0.4, 0.5) is 0 Å². The molecular weight excluding hydrogens is 386 g/mol. The molecular formula is C21H29N5O2S. The molecule has 1 fully saturated rings. The SMILES string of the molecule is Cc1cccc(C(=O)N[C@@H](C)c2nnc(SCC(=O)NC3CCCCC3)n2C)c1. The lowest BCUT2D eigenvalue weighted by atomic mass is 9.95. The molecule has 2 N–H and O–H groups in total. The van der Waals surface area contributed by atoms with Gasteiger partial charge in [0.05, 0.1) is 11.8 Å². The number of hydrogen-bond acceptors (Lipinski definition) is 5. The van der Waals surface area contributed by atoms with E-state index in [1.165, 1.54) is 31.0 Å². The second kappa shape index (κ2) is 9.91. The summed E-state index contributed by atoms with van der Waals surface area (Å²) in [6, 6.07) is 7.47. The molecule has 156 valence electrons. The van der Waals surface area contributed by atoms with E-state index in [9.17, 15) is 9.59 Å². The van der Waals surface area contributed by atoms with Gasteiger partial charge in [-0.05, 0) is 38.8 Å². The molecule has 1 aromatic carbocycles. The molecule has 0 bridgehead atoms. The van der Waals surface area contributed by atoms with Gasteiger partial charge >= 0.3 is 0 Å². The fraction of sp³-hybridized carbons (Fsp3) is 0.524. The maximum atomic E-state index is 12.5. The van der Waals surface area contributed by atoms with Gasteiger partial charge in [0.15, 0.2) is 11.0 Å². The van der Waals surface area contributed by atoms with Crippen LogP contribution < -0.4 is 10.6 Å². The topological polar surface area (TPSA) is 88.9 Å². The second-order valence-corrected chi connectivity index (χ2v) is 8.60. The zero-order valence-corrected chi connectivity index (χ0v) is 18.1. The van der Waals surface area contributed by atoms with E-state index in [1.807, 2.05) is 43.7 Å². The van der Waals surface area contributed by atoms with Gasteiger partial charge in [0, 0.05) is 18.7 Å². The number of nitrogens with one attached hydrogen (secondary N) is 2. The molecule has 2 aromatic rings. The van der Waals surface area contributed by atoms with Crippen LogP contribution >= 0.6 is 11.8 Å². The monoisotopic (exact) mass is 415 g/mol. The van der Waals surface area contributed by atoms with Gasteiger partial charge < -0.3 is 15.2 Å². The van der Waals surface area contributed by atoms with Crippen LogP contribution in [0.5, 0.6) is 0 Å². The fourth-order valence-corrected chi connectivity index (χ4v) is 4.34. The van der Waals surface area contributed by atoms with Gasteiger partial charge in [-0.1, -0.05) is 48.7 Å². The minimum atomic E-state index is -0.300. The van der Waals surface area contributed by atoms with Gasteiger partial charge in [-0.25, -0.2) is 0 Å². The summed E-state index contributed by atoms with van der Waals surface area (Å²) in [6.07, 6.45) is 5.79. The Morgan fingerprint density at radius 3 is 2.72 bits per heavy atom. The van der Waals surface area contributed by atoms with Crippen LogP contribution in [0.25, 0.3) is 0 Å². The molecule has 1 aromatic heterocycles. The first kappa shape index (κ1) is 21.4. The summed E-state index contributed by atoms with van der Waals surface area (Å²) in [5.41, 5.74) is 1.65. The van der Waals surface area contributed by atoms with E-state index in [2.05, 4.69) is 20.8 Å². The van der Waals surface area contributed by atoms with E-state index < -0.39 is 0 Å². The molecule has 1 aliphatic carbocycles. The Kier molecular flexibility index (Phi) is 7.30. The van der Waals surface area contributed by atoms with Crippen LogP contribution in [-0.4, -0.2) is 38.4 Å². The summed E-state index contributed by atoms with van der Waals surface area (Å²) in [5, 5.41) is 15.2. The number of nitrogens with zero attached hydrogens (tertiary/aromatic N) is 3. The summed E-state index contributed by atoms with van der Waals surface area (Å²) in [7, 11) is 1.85. The number of carbonyl (C=O) groups is 2. The minimum Gasteiger partial charge on any atom is -0.353 e. The lowest BCUT2D eigenvalue weighted by Gasteiger charge is -2.22. The van der Waals surface area contributed by atoms with Crippen molar-refractivity contribution in [3.05, 3.63) is 41.2 Å². The lowest BCUT2D eigenvalue weighted by molar-refractivity contribution is -0.119. The maximum absolute atomic E-state index is 12.5. The Labute approximate surface area is 176 Å². The molecule has 1 atom stereocenters. The fourth-order valence-electron chi connectivity index (χ4n) is 3.61.